The highest BCUT2D eigenvalue weighted by Gasteiger charge is 2.20. The normalized spacial score (nSPS) is 10.2. The molecule has 1 N–H and O–H groups in total. The molecule has 0 aliphatic heterocycles. The van der Waals surface area contributed by atoms with E-state index in [-0.39, 0.29) is 5.91 Å². The highest BCUT2D eigenvalue weighted by Crippen LogP contribution is 2.39. The van der Waals surface area contributed by atoms with Gasteiger partial charge in [-0.2, -0.15) is 11.8 Å². The molecule has 0 fully saturated rings. The van der Waals surface area contributed by atoms with E-state index < -0.39 is 0 Å². The molecule has 0 bridgehead atoms. The van der Waals surface area contributed by atoms with Gasteiger partial charge in [0.2, 0.25) is 5.75 Å². The van der Waals surface area contributed by atoms with Crippen LogP contribution in [0, 0.1) is 0 Å². The van der Waals surface area contributed by atoms with Gasteiger partial charge in [-0.1, -0.05) is 30.3 Å². The van der Waals surface area contributed by atoms with Crippen molar-refractivity contribution in [1.29, 1.82) is 0 Å². The van der Waals surface area contributed by atoms with Crippen molar-refractivity contribution in [1.82, 2.24) is 5.32 Å². The molecule has 2 rings (SSSR count). The van der Waals surface area contributed by atoms with Crippen LogP contribution in [0.4, 0.5) is 0 Å². The Balaban J connectivity index is 1.90. The SMILES string of the molecule is COc1ccc(C(=O)NCCSCc2ccccc2)c(OC)c1OC. The maximum Gasteiger partial charge on any atom is 0.255 e. The molecule has 25 heavy (non-hydrogen) atoms. The number of rotatable bonds is 9. The second kappa shape index (κ2) is 9.84. The molecule has 0 aliphatic carbocycles. The van der Waals surface area contributed by atoms with E-state index in [0.717, 1.165) is 11.5 Å². The number of nitrogens with one attached hydrogen (secondary N) is 1. The molecule has 1 amide bonds. The van der Waals surface area contributed by atoms with Gasteiger partial charge in [-0.05, 0) is 17.7 Å². The first kappa shape index (κ1) is 19.0. The van der Waals surface area contributed by atoms with Gasteiger partial charge in [0.1, 0.15) is 0 Å². The van der Waals surface area contributed by atoms with Crippen molar-refractivity contribution in [2.75, 3.05) is 33.6 Å². The van der Waals surface area contributed by atoms with Crippen molar-refractivity contribution in [3.8, 4) is 17.2 Å². The Morgan fingerprint density at radius 1 is 0.960 bits per heavy atom. The van der Waals surface area contributed by atoms with E-state index in [1.807, 2.05) is 18.2 Å². The van der Waals surface area contributed by atoms with Crippen LogP contribution in [0.2, 0.25) is 0 Å². The minimum Gasteiger partial charge on any atom is -0.493 e. The number of amides is 1. The first-order valence-electron chi connectivity index (χ1n) is 7.90. The van der Waals surface area contributed by atoms with Crippen LogP contribution in [0.1, 0.15) is 15.9 Å². The molecule has 2 aromatic carbocycles. The zero-order chi connectivity index (χ0) is 18.1. The van der Waals surface area contributed by atoms with Gasteiger partial charge in [0, 0.05) is 18.1 Å². The summed E-state index contributed by atoms with van der Waals surface area (Å²) in [6.07, 6.45) is 0. The summed E-state index contributed by atoms with van der Waals surface area (Å²) in [7, 11) is 4.56. The topological polar surface area (TPSA) is 56.8 Å². The number of benzene rings is 2. The van der Waals surface area contributed by atoms with E-state index in [9.17, 15) is 4.79 Å². The largest absolute Gasteiger partial charge is 0.493 e. The molecule has 0 aliphatic rings. The van der Waals surface area contributed by atoms with Gasteiger partial charge in [-0.3, -0.25) is 4.79 Å². The standard InChI is InChI=1S/C19H23NO4S/c1-22-16-10-9-15(17(23-2)18(16)24-3)19(21)20-11-12-25-13-14-7-5-4-6-8-14/h4-10H,11-13H2,1-3H3,(H,20,21). The molecule has 0 saturated heterocycles. The predicted molar refractivity (Wildman–Crippen MR) is 101 cm³/mol. The number of carbonyl (C=O) groups excluding carboxylic acids is 1. The first-order valence-corrected chi connectivity index (χ1v) is 9.05. The van der Waals surface area contributed by atoms with Crippen molar-refractivity contribution in [2.24, 2.45) is 0 Å². The second-order valence-electron chi connectivity index (χ2n) is 5.18. The fraction of sp³-hybridized carbons (Fsp3) is 0.316. The average molecular weight is 361 g/mol. The lowest BCUT2D eigenvalue weighted by Gasteiger charge is -2.15. The molecule has 0 radical (unpaired) electrons. The smallest absolute Gasteiger partial charge is 0.255 e. The molecular formula is C19H23NO4S. The number of carbonyl (C=O) groups is 1. The van der Waals surface area contributed by atoms with Gasteiger partial charge in [0.25, 0.3) is 5.91 Å². The highest BCUT2D eigenvalue weighted by atomic mass is 32.2. The predicted octanol–water partition coefficient (Wildman–Crippen LogP) is 3.38. The lowest BCUT2D eigenvalue weighted by Crippen LogP contribution is -2.26. The molecule has 2 aromatic rings. The molecule has 0 unspecified atom stereocenters. The van der Waals surface area contributed by atoms with Crippen molar-refractivity contribution in [3.63, 3.8) is 0 Å². The van der Waals surface area contributed by atoms with E-state index in [1.54, 1.807) is 31.0 Å². The summed E-state index contributed by atoms with van der Waals surface area (Å²) in [4.78, 5) is 12.4. The third kappa shape index (κ3) is 5.06. The van der Waals surface area contributed by atoms with Crippen molar-refractivity contribution in [2.45, 2.75) is 5.75 Å². The molecule has 0 saturated carbocycles. The van der Waals surface area contributed by atoms with Crippen LogP contribution in [0.5, 0.6) is 17.2 Å². The van der Waals surface area contributed by atoms with E-state index in [0.29, 0.717) is 29.4 Å². The van der Waals surface area contributed by atoms with Crippen LogP contribution >= 0.6 is 11.8 Å². The number of hydrogen-bond donors (Lipinski definition) is 1. The minimum absolute atomic E-state index is 0.196. The molecule has 0 aromatic heterocycles. The fourth-order valence-electron chi connectivity index (χ4n) is 2.38. The molecule has 0 spiro atoms. The van der Waals surface area contributed by atoms with Gasteiger partial charge >= 0.3 is 0 Å². The number of thioether (sulfide) groups is 1. The van der Waals surface area contributed by atoms with Crippen LogP contribution in [0.15, 0.2) is 42.5 Å². The van der Waals surface area contributed by atoms with E-state index in [2.05, 4.69) is 17.4 Å². The Bertz CT molecular complexity index is 691. The monoisotopic (exact) mass is 361 g/mol. The van der Waals surface area contributed by atoms with Crippen LogP contribution in [0.3, 0.4) is 0 Å². The molecule has 0 heterocycles. The molecular weight excluding hydrogens is 338 g/mol. The summed E-state index contributed by atoms with van der Waals surface area (Å²) in [5, 5.41) is 2.91. The number of methoxy groups -OCH3 is 3. The molecule has 0 atom stereocenters. The zero-order valence-electron chi connectivity index (χ0n) is 14.7. The second-order valence-corrected chi connectivity index (χ2v) is 6.28. The lowest BCUT2D eigenvalue weighted by molar-refractivity contribution is 0.0952. The fourth-order valence-corrected chi connectivity index (χ4v) is 3.20. The Labute approximate surface area is 152 Å². The van der Waals surface area contributed by atoms with Crippen molar-refractivity contribution in [3.05, 3.63) is 53.6 Å². The van der Waals surface area contributed by atoms with E-state index >= 15 is 0 Å². The van der Waals surface area contributed by atoms with Gasteiger partial charge < -0.3 is 19.5 Å². The minimum atomic E-state index is -0.196. The summed E-state index contributed by atoms with van der Waals surface area (Å²) in [5.41, 5.74) is 1.70. The van der Waals surface area contributed by atoms with E-state index in [1.165, 1.54) is 19.8 Å². The lowest BCUT2D eigenvalue weighted by atomic mass is 10.1. The third-order valence-corrected chi connectivity index (χ3v) is 4.62. The van der Waals surface area contributed by atoms with Crippen LogP contribution in [-0.4, -0.2) is 39.5 Å². The summed E-state index contributed by atoms with van der Waals surface area (Å²) in [6.45, 7) is 0.577. The van der Waals surface area contributed by atoms with Crippen molar-refractivity contribution >= 4 is 17.7 Å². The number of ether oxygens (including phenoxy) is 3. The number of hydrogen-bond acceptors (Lipinski definition) is 5. The van der Waals surface area contributed by atoms with E-state index in [4.69, 9.17) is 14.2 Å². The van der Waals surface area contributed by atoms with Gasteiger partial charge in [-0.25, -0.2) is 0 Å². The summed E-state index contributed by atoms with van der Waals surface area (Å²) in [6, 6.07) is 13.6. The molecule has 134 valence electrons. The maximum atomic E-state index is 12.4. The van der Waals surface area contributed by atoms with Crippen LogP contribution in [-0.2, 0) is 5.75 Å². The van der Waals surface area contributed by atoms with Crippen LogP contribution in [0.25, 0.3) is 0 Å². The first-order chi connectivity index (χ1) is 12.2. The van der Waals surface area contributed by atoms with Crippen LogP contribution < -0.4 is 19.5 Å². The Morgan fingerprint density at radius 3 is 2.32 bits per heavy atom. The Hall–Kier alpha value is -2.34. The summed E-state index contributed by atoms with van der Waals surface area (Å²) >= 11 is 1.78. The quantitative estimate of drug-likeness (QED) is 0.694. The average Bonchev–Trinajstić information content (AvgIpc) is 2.66. The molecule has 6 heteroatoms. The van der Waals surface area contributed by atoms with Gasteiger partial charge in [0.15, 0.2) is 11.5 Å². The van der Waals surface area contributed by atoms with Crippen molar-refractivity contribution < 1.29 is 19.0 Å². The highest BCUT2D eigenvalue weighted by molar-refractivity contribution is 7.98. The summed E-state index contributed by atoms with van der Waals surface area (Å²) in [5.74, 6) is 2.87. The third-order valence-electron chi connectivity index (χ3n) is 3.59. The van der Waals surface area contributed by atoms with Gasteiger partial charge in [0.05, 0.1) is 26.9 Å². The molecule has 5 nitrogen and oxygen atoms in total. The maximum absolute atomic E-state index is 12.4. The Kier molecular flexibility index (Phi) is 7.47. The van der Waals surface area contributed by atoms with Gasteiger partial charge in [-0.15, -0.1) is 0 Å². The zero-order valence-corrected chi connectivity index (χ0v) is 15.5. The Morgan fingerprint density at radius 2 is 1.68 bits per heavy atom. The summed E-state index contributed by atoms with van der Waals surface area (Å²) < 4.78 is 15.9.